The summed E-state index contributed by atoms with van der Waals surface area (Å²) in [6, 6.07) is 15.6. The Morgan fingerprint density at radius 1 is 1.09 bits per heavy atom. The van der Waals surface area contributed by atoms with E-state index in [1.54, 1.807) is 0 Å². The highest BCUT2D eigenvalue weighted by molar-refractivity contribution is 6.30. The minimum absolute atomic E-state index is 0. The van der Waals surface area contributed by atoms with Crippen LogP contribution < -0.4 is 10.1 Å². The molecule has 0 aromatic heterocycles. The first-order valence-corrected chi connectivity index (χ1v) is 7.68. The maximum absolute atomic E-state index is 9.26. The summed E-state index contributed by atoms with van der Waals surface area (Å²) in [4.78, 5) is 0. The van der Waals surface area contributed by atoms with Gasteiger partial charge in [0.05, 0.1) is 6.61 Å². The third kappa shape index (κ3) is 6.80. The zero-order chi connectivity index (χ0) is 16.0. The number of ether oxygens (including phenoxy) is 1. The van der Waals surface area contributed by atoms with Crippen LogP contribution in [0.2, 0.25) is 5.02 Å². The lowest BCUT2D eigenvalue weighted by molar-refractivity contribution is 0.187. The summed E-state index contributed by atoms with van der Waals surface area (Å²) in [5.41, 5.74) is 1.91. The summed E-state index contributed by atoms with van der Waals surface area (Å²) >= 11 is 5.87. The monoisotopic (exact) mass is 355 g/mol. The first-order valence-electron chi connectivity index (χ1n) is 7.30. The van der Waals surface area contributed by atoms with E-state index in [9.17, 15) is 5.11 Å². The number of aliphatic hydroxyl groups excluding tert-OH is 1. The molecule has 0 saturated heterocycles. The number of rotatable bonds is 7. The Bertz CT molecular complexity index is 600. The van der Waals surface area contributed by atoms with E-state index in [1.807, 2.05) is 62.4 Å². The van der Waals surface area contributed by atoms with Crippen molar-refractivity contribution in [1.29, 1.82) is 0 Å². The molecular formula is C18H23Cl2NO2. The van der Waals surface area contributed by atoms with E-state index < -0.39 is 0 Å². The number of aliphatic hydroxyl groups is 1. The summed E-state index contributed by atoms with van der Waals surface area (Å²) in [7, 11) is 0. The molecule has 2 N–H and O–H groups in total. The van der Waals surface area contributed by atoms with Gasteiger partial charge in [0.1, 0.15) is 12.4 Å². The lowest BCUT2D eigenvalue weighted by Crippen LogP contribution is -2.42. The standard InChI is InChI=1S/C18H22ClNO2.ClH/c1-18(2,13-21)20-11-15-4-3-5-17(10-15)22-12-14-6-8-16(19)9-7-14;/h3-10,20-21H,11-13H2,1-2H3;1H. The Morgan fingerprint density at radius 3 is 2.43 bits per heavy atom. The van der Waals surface area contributed by atoms with Crippen molar-refractivity contribution >= 4 is 24.0 Å². The number of hydrogen-bond donors (Lipinski definition) is 2. The molecular weight excluding hydrogens is 333 g/mol. The smallest absolute Gasteiger partial charge is 0.120 e. The fraction of sp³-hybridized carbons (Fsp3) is 0.333. The van der Waals surface area contributed by atoms with Gasteiger partial charge in [0.25, 0.3) is 0 Å². The molecule has 0 bridgehead atoms. The van der Waals surface area contributed by atoms with Crippen molar-refractivity contribution in [3.63, 3.8) is 0 Å². The van der Waals surface area contributed by atoms with Gasteiger partial charge in [0, 0.05) is 17.1 Å². The molecule has 0 heterocycles. The van der Waals surface area contributed by atoms with Crippen LogP contribution in [0.4, 0.5) is 0 Å². The van der Waals surface area contributed by atoms with Gasteiger partial charge in [-0.15, -0.1) is 12.4 Å². The second-order valence-electron chi connectivity index (χ2n) is 5.96. The van der Waals surface area contributed by atoms with E-state index in [1.165, 1.54) is 0 Å². The van der Waals surface area contributed by atoms with Crippen molar-refractivity contribution in [3.05, 3.63) is 64.7 Å². The number of nitrogens with one attached hydrogen (secondary N) is 1. The molecule has 0 unspecified atom stereocenters. The molecule has 0 saturated carbocycles. The van der Waals surface area contributed by atoms with E-state index in [4.69, 9.17) is 16.3 Å². The molecule has 3 nitrogen and oxygen atoms in total. The van der Waals surface area contributed by atoms with Crippen LogP contribution in [-0.2, 0) is 13.2 Å². The summed E-state index contributed by atoms with van der Waals surface area (Å²) in [5, 5.41) is 13.3. The first-order chi connectivity index (χ1) is 10.5. The third-order valence-corrected chi connectivity index (χ3v) is 3.64. The highest BCUT2D eigenvalue weighted by Gasteiger charge is 2.14. The van der Waals surface area contributed by atoms with Crippen molar-refractivity contribution in [3.8, 4) is 5.75 Å². The van der Waals surface area contributed by atoms with Gasteiger partial charge in [-0.3, -0.25) is 0 Å². The van der Waals surface area contributed by atoms with Gasteiger partial charge in [0.15, 0.2) is 0 Å². The molecule has 0 aliphatic carbocycles. The lowest BCUT2D eigenvalue weighted by Gasteiger charge is -2.23. The molecule has 2 rings (SSSR count). The average molecular weight is 356 g/mol. The van der Waals surface area contributed by atoms with Crippen LogP contribution in [0.15, 0.2) is 48.5 Å². The minimum atomic E-state index is -0.291. The van der Waals surface area contributed by atoms with Crippen LogP contribution in [0.5, 0.6) is 5.75 Å². The summed E-state index contributed by atoms with van der Waals surface area (Å²) in [6.45, 7) is 5.23. The van der Waals surface area contributed by atoms with Crippen LogP contribution in [0, 0.1) is 0 Å². The molecule has 0 atom stereocenters. The molecule has 2 aromatic carbocycles. The average Bonchev–Trinajstić information content (AvgIpc) is 2.53. The van der Waals surface area contributed by atoms with Gasteiger partial charge < -0.3 is 15.2 Å². The molecule has 0 aliphatic rings. The second kappa shape index (κ2) is 9.14. The van der Waals surface area contributed by atoms with Crippen LogP contribution in [0.3, 0.4) is 0 Å². The fourth-order valence-corrected chi connectivity index (χ4v) is 2.02. The highest BCUT2D eigenvalue weighted by atomic mass is 35.5. The maximum Gasteiger partial charge on any atom is 0.120 e. The molecule has 23 heavy (non-hydrogen) atoms. The van der Waals surface area contributed by atoms with Crippen molar-refractivity contribution < 1.29 is 9.84 Å². The van der Waals surface area contributed by atoms with Crippen LogP contribution in [0.1, 0.15) is 25.0 Å². The molecule has 0 aliphatic heterocycles. The van der Waals surface area contributed by atoms with E-state index in [2.05, 4.69) is 5.32 Å². The van der Waals surface area contributed by atoms with Crippen molar-refractivity contribution in [2.45, 2.75) is 32.5 Å². The lowest BCUT2D eigenvalue weighted by atomic mass is 10.1. The zero-order valence-corrected chi connectivity index (χ0v) is 15.0. The van der Waals surface area contributed by atoms with Crippen molar-refractivity contribution in [2.75, 3.05) is 6.61 Å². The molecule has 5 heteroatoms. The Morgan fingerprint density at radius 2 is 1.78 bits per heavy atom. The normalized spacial score (nSPS) is 11.0. The van der Waals surface area contributed by atoms with Gasteiger partial charge >= 0.3 is 0 Å². The summed E-state index contributed by atoms with van der Waals surface area (Å²) in [6.07, 6.45) is 0. The van der Waals surface area contributed by atoms with Crippen LogP contribution in [-0.4, -0.2) is 17.3 Å². The van der Waals surface area contributed by atoms with E-state index in [0.717, 1.165) is 21.9 Å². The molecule has 0 fully saturated rings. The number of hydrogen-bond acceptors (Lipinski definition) is 3. The van der Waals surface area contributed by atoms with E-state index >= 15 is 0 Å². The molecule has 0 spiro atoms. The zero-order valence-electron chi connectivity index (χ0n) is 13.4. The fourth-order valence-electron chi connectivity index (χ4n) is 1.89. The van der Waals surface area contributed by atoms with E-state index in [-0.39, 0.29) is 24.6 Å². The summed E-state index contributed by atoms with van der Waals surface area (Å²) < 4.78 is 5.81. The van der Waals surface area contributed by atoms with Crippen molar-refractivity contribution in [1.82, 2.24) is 5.32 Å². The maximum atomic E-state index is 9.26. The predicted molar refractivity (Wildman–Crippen MR) is 97.5 cm³/mol. The number of benzene rings is 2. The largest absolute Gasteiger partial charge is 0.489 e. The Hall–Kier alpha value is -1.26. The second-order valence-corrected chi connectivity index (χ2v) is 6.39. The molecule has 0 amide bonds. The topological polar surface area (TPSA) is 41.5 Å². The van der Waals surface area contributed by atoms with Crippen LogP contribution >= 0.6 is 24.0 Å². The van der Waals surface area contributed by atoms with Crippen molar-refractivity contribution in [2.24, 2.45) is 0 Å². The Balaban J connectivity index is 0.00000264. The van der Waals surface area contributed by atoms with Gasteiger partial charge in [0.2, 0.25) is 0 Å². The van der Waals surface area contributed by atoms with Gasteiger partial charge in [-0.05, 0) is 49.2 Å². The first kappa shape index (κ1) is 19.8. The van der Waals surface area contributed by atoms with Crippen LogP contribution in [0.25, 0.3) is 0 Å². The summed E-state index contributed by atoms with van der Waals surface area (Å²) in [5.74, 6) is 0.830. The molecule has 0 radical (unpaired) electrons. The van der Waals surface area contributed by atoms with Gasteiger partial charge in [-0.1, -0.05) is 35.9 Å². The number of halogens is 2. The van der Waals surface area contributed by atoms with Gasteiger partial charge in [-0.25, -0.2) is 0 Å². The minimum Gasteiger partial charge on any atom is -0.489 e. The molecule has 2 aromatic rings. The predicted octanol–water partition coefficient (Wildman–Crippen LogP) is 4.20. The molecule has 126 valence electrons. The Labute approximate surface area is 149 Å². The highest BCUT2D eigenvalue weighted by Crippen LogP contribution is 2.17. The Kier molecular flexibility index (Phi) is 7.86. The van der Waals surface area contributed by atoms with Gasteiger partial charge in [-0.2, -0.15) is 0 Å². The van der Waals surface area contributed by atoms with E-state index in [0.29, 0.717) is 13.2 Å². The quantitative estimate of drug-likeness (QED) is 0.781. The SMILES string of the molecule is CC(C)(CO)NCc1cccc(OCc2ccc(Cl)cc2)c1.Cl. The third-order valence-electron chi connectivity index (χ3n) is 3.38.